The number of hydrogen-bond acceptors (Lipinski definition) is 5. The monoisotopic (exact) mass is 510 g/mol. The van der Waals surface area contributed by atoms with Crippen LogP contribution in [0.5, 0.6) is 0 Å². The van der Waals surface area contributed by atoms with Gasteiger partial charge in [-0.15, -0.1) is 0 Å². The van der Waals surface area contributed by atoms with Crippen LogP contribution >= 0.6 is 0 Å². The van der Waals surface area contributed by atoms with Gasteiger partial charge in [0, 0.05) is 43.5 Å². The number of aromatic nitrogens is 2. The third-order valence-corrected chi connectivity index (χ3v) is 6.51. The lowest BCUT2D eigenvalue weighted by molar-refractivity contribution is 0.0702. The van der Waals surface area contributed by atoms with Gasteiger partial charge in [0.1, 0.15) is 17.6 Å². The van der Waals surface area contributed by atoms with Crippen molar-refractivity contribution in [1.82, 2.24) is 14.7 Å². The molecule has 2 aromatic carbocycles. The summed E-state index contributed by atoms with van der Waals surface area (Å²) in [7, 11) is 0. The summed E-state index contributed by atoms with van der Waals surface area (Å²) < 4.78 is 46.4. The maximum absolute atomic E-state index is 15.5. The molecule has 1 saturated heterocycles. The molecule has 3 aromatic rings. The Morgan fingerprint density at radius 3 is 2.49 bits per heavy atom. The summed E-state index contributed by atoms with van der Waals surface area (Å²) in [6, 6.07) is 9.22. The largest absolute Gasteiger partial charge is 0.372 e. The Bertz CT molecular complexity index is 1330. The van der Waals surface area contributed by atoms with Crippen molar-refractivity contribution >= 4 is 11.6 Å². The molecule has 4 rings (SSSR count). The highest BCUT2D eigenvalue weighted by molar-refractivity contribution is 5.94. The molecule has 0 unspecified atom stereocenters. The fourth-order valence-electron chi connectivity index (χ4n) is 4.66. The molecule has 1 aliphatic heterocycles. The molecule has 1 aromatic heterocycles. The second-order valence-electron chi connectivity index (χ2n) is 9.12. The summed E-state index contributed by atoms with van der Waals surface area (Å²) in [4.78, 5) is 16.7. The molecule has 194 valence electrons. The van der Waals surface area contributed by atoms with Crippen molar-refractivity contribution < 1.29 is 18.0 Å². The fourth-order valence-corrected chi connectivity index (χ4v) is 4.66. The molecule has 1 aliphatic rings. The van der Waals surface area contributed by atoms with Crippen LogP contribution in [0.15, 0.2) is 36.4 Å². The van der Waals surface area contributed by atoms with E-state index in [2.05, 4.69) is 5.10 Å². The highest BCUT2D eigenvalue weighted by Crippen LogP contribution is 2.31. The molecule has 10 heteroatoms. The third kappa shape index (κ3) is 5.32. The summed E-state index contributed by atoms with van der Waals surface area (Å²) in [6.07, 6.45) is 2.33. The summed E-state index contributed by atoms with van der Waals surface area (Å²) in [5.74, 6) is -2.97. The van der Waals surface area contributed by atoms with Crippen molar-refractivity contribution in [3.8, 4) is 23.0 Å². The standard InChI is InChI=1S/C27H29F3N6O/c1-3-9-34(4-2)20-12-22(29)26(23(30)13-20)36-25(17-7-8-18(15-31)21(28)11-17)14-24(33-36)27(37)35-10-5-6-19(32)16-35/h7-8,11-14,19H,3-6,9-10,16,32H2,1-2H3/t19-/m1/s1. The molecule has 0 spiro atoms. The predicted molar refractivity (Wildman–Crippen MR) is 135 cm³/mol. The van der Waals surface area contributed by atoms with Crippen LogP contribution < -0.4 is 10.6 Å². The van der Waals surface area contributed by atoms with Crippen molar-refractivity contribution in [2.24, 2.45) is 5.73 Å². The van der Waals surface area contributed by atoms with Crippen LogP contribution in [0.2, 0.25) is 0 Å². The van der Waals surface area contributed by atoms with Gasteiger partial charge in [-0.25, -0.2) is 17.9 Å². The minimum absolute atomic E-state index is 0.0436. The van der Waals surface area contributed by atoms with E-state index in [-0.39, 0.29) is 28.6 Å². The number of nitrogens with zero attached hydrogens (tertiary/aromatic N) is 5. The van der Waals surface area contributed by atoms with Crippen LogP contribution in [0.1, 0.15) is 49.2 Å². The van der Waals surface area contributed by atoms with Crippen molar-refractivity contribution in [2.45, 2.75) is 39.2 Å². The number of anilines is 1. The second kappa shape index (κ2) is 11.0. The lowest BCUT2D eigenvalue weighted by atomic mass is 10.1. The molecular formula is C27H29F3N6O. The Morgan fingerprint density at radius 1 is 1.16 bits per heavy atom. The number of hydrogen-bond donors (Lipinski definition) is 1. The minimum atomic E-state index is -0.873. The van der Waals surface area contributed by atoms with Gasteiger partial charge in [-0.3, -0.25) is 4.79 Å². The van der Waals surface area contributed by atoms with Gasteiger partial charge >= 0.3 is 0 Å². The molecule has 0 aliphatic carbocycles. The van der Waals surface area contributed by atoms with Crippen LogP contribution in [0.25, 0.3) is 16.9 Å². The zero-order chi connectivity index (χ0) is 26.7. The van der Waals surface area contributed by atoms with Gasteiger partial charge in [0.25, 0.3) is 5.91 Å². The first-order valence-electron chi connectivity index (χ1n) is 12.4. The average Bonchev–Trinajstić information content (AvgIpc) is 3.31. The van der Waals surface area contributed by atoms with Gasteiger partial charge in [-0.05, 0) is 56.5 Å². The lowest BCUT2D eigenvalue weighted by Crippen LogP contribution is -2.45. The SMILES string of the molecule is CCCN(CC)c1cc(F)c(-n2nc(C(=O)N3CCC[C@@H](N)C3)cc2-c2ccc(C#N)c(F)c2)c(F)c1. The summed E-state index contributed by atoms with van der Waals surface area (Å²) >= 11 is 0. The zero-order valence-electron chi connectivity index (χ0n) is 20.8. The van der Waals surface area contributed by atoms with Crippen molar-refractivity contribution in [3.05, 3.63) is 65.1 Å². The van der Waals surface area contributed by atoms with E-state index in [1.54, 1.807) is 11.0 Å². The number of rotatable bonds is 7. The normalized spacial score (nSPS) is 15.5. The number of benzene rings is 2. The highest BCUT2D eigenvalue weighted by atomic mass is 19.1. The van der Waals surface area contributed by atoms with E-state index in [0.29, 0.717) is 31.9 Å². The Kier molecular flexibility index (Phi) is 7.83. The van der Waals surface area contributed by atoms with E-state index in [0.717, 1.165) is 30.0 Å². The second-order valence-corrected chi connectivity index (χ2v) is 9.12. The van der Waals surface area contributed by atoms with Gasteiger partial charge in [-0.2, -0.15) is 10.4 Å². The van der Waals surface area contributed by atoms with E-state index >= 15 is 8.78 Å². The lowest BCUT2D eigenvalue weighted by Gasteiger charge is -2.30. The van der Waals surface area contributed by atoms with Crippen LogP contribution in [0.4, 0.5) is 18.9 Å². The van der Waals surface area contributed by atoms with E-state index in [1.807, 2.05) is 18.7 Å². The number of halogens is 3. The summed E-state index contributed by atoms with van der Waals surface area (Å²) in [5.41, 5.74) is 6.03. The molecule has 1 amide bonds. The van der Waals surface area contributed by atoms with Crippen LogP contribution in [0.3, 0.4) is 0 Å². The Labute approximate surface area is 213 Å². The van der Waals surface area contributed by atoms with Gasteiger partial charge in [0.2, 0.25) is 0 Å². The zero-order valence-corrected chi connectivity index (χ0v) is 20.8. The maximum Gasteiger partial charge on any atom is 0.274 e. The van der Waals surface area contributed by atoms with Gasteiger partial charge in [0.15, 0.2) is 17.3 Å². The molecule has 0 saturated carbocycles. The Hall–Kier alpha value is -3.84. The number of nitriles is 1. The number of carbonyl (C=O) groups excluding carboxylic acids is 1. The molecule has 37 heavy (non-hydrogen) atoms. The van der Waals surface area contributed by atoms with E-state index in [4.69, 9.17) is 11.0 Å². The van der Waals surface area contributed by atoms with Crippen molar-refractivity contribution in [1.29, 1.82) is 5.26 Å². The first-order chi connectivity index (χ1) is 17.8. The van der Waals surface area contributed by atoms with Crippen LogP contribution in [-0.2, 0) is 0 Å². The van der Waals surface area contributed by atoms with Gasteiger partial charge in [0.05, 0.1) is 11.3 Å². The number of amides is 1. The van der Waals surface area contributed by atoms with Gasteiger partial charge < -0.3 is 15.5 Å². The molecular weight excluding hydrogens is 481 g/mol. The maximum atomic E-state index is 15.5. The summed E-state index contributed by atoms with van der Waals surface area (Å²) in [6.45, 7) is 5.90. The molecule has 0 radical (unpaired) electrons. The number of piperidine rings is 1. The minimum Gasteiger partial charge on any atom is -0.372 e. The molecule has 7 nitrogen and oxygen atoms in total. The van der Waals surface area contributed by atoms with Crippen molar-refractivity contribution in [3.63, 3.8) is 0 Å². The first kappa shape index (κ1) is 26.2. The quantitative estimate of drug-likeness (QED) is 0.501. The van der Waals surface area contributed by atoms with Gasteiger partial charge in [-0.1, -0.05) is 13.0 Å². The van der Waals surface area contributed by atoms with E-state index in [9.17, 15) is 9.18 Å². The molecule has 1 atom stereocenters. The topological polar surface area (TPSA) is 91.2 Å². The van der Waals surface area contributed by atoms with E-state index in [1.165, 1.54) is 30.3 Å². The van der Waals surface area contributed by atoms with Crippen LogP contribution in [0, 0.1) is 28.8 Å². The average molecular weight is 511 g/mol. The summed E-state index contributed by atoms with van der Waals surface area (Å²) in [5, 5.41) is 13.4. The number of carbonyl (C=O) groups is 1. The highest BCUT2D eigenvalue weighted by Gasteiger charge is 2.28. The molecule has 0 bridgehead atoms. The number of nitrogens with two attached hydrogens (primary N) is 1. The van der Waals surface area contributed by atoms with E-state index < -0.39 is 29.0 Å². The molecule has 2 heterocycles. The smallest absolute Gasteiger partial charge is 0.274 e. The molecule has 2 N–H and O–H groups in total. The Balaban J connectivity index is 1.85. The third-order valence-electron chi connectivity index (χ3n) is 6.51. The van der Waals surface area contributed by atoms with Crippen molar-refractivity contribution in [2.75, 3.05) is 31.1 Å². The number of likely N-dealkylation sites (tertiary alicyclic amines) is 1. The van der Waals surface area contributed by atoms with Crippen LogP contribution in [-0.4, -0.2) is 52.8 Å². The first-order valence-corrected chi connectivity index (χ1v) is 12.4. The molecule has 1 fully saturated rings. The predicted octanol–water partition coefficient (Wildman–Crippen LogP) is 4.63. The fraction of sp³-hybridized carbons (Fsp3) is 0.370. The Morgan fingerprint density at radius 2 is 1.89 bits per heavy atom.